The maximum atomic E-state index is 9.60. The van der Waals surface area contributed by atoms with Gasteiger partial charge in [-0.05, 0) is 25.2 Å². The third-order valence-electron chi connectivity index (χ3n) is 2.75. The summed E-state index contributed by atoms with van der Waals surface area (Å²) in [5.74, 6) is 0.725. The van der Waals surface area contributed by atoms with Crippen LogP contribution in [0.25, 0.3) is 0 Å². The molecule has 0 aromatic carbocycles. The Bertz CT molecular complexity index is 136. The summed E-state index contributed by atoms with van der Waals surface area (Å²) in [6.07, 6.45) is 3.41. The number of hydrogen-bond acceptors (Lipinski definition) is 2. The third-order valence-corrected chi connectivity index (χ3v) is 4.62. The summed E-state index contributed by atoms with van der Waals surface area (Å²) in [7, 11) is 0. The van der Waals surface area contributed by atoms with E-state index < -0.39 is 0 Å². The molecule has 1 rings (SSSR count). The highest BCUT2D eigenvalue weighted by atomic mass is 32.2. The van der Waals surface area contributed by atoms with E-state index in [4.69, 9.17) is 0 Å². The van der Waals surface area contributed by atoms with Gasteiger partial charge in [-0.25, -0.2) is 0 Å². The molecule has 1 aliphatic carbocycles. The molecule has 1 aliphatic rings. The van der Waals surface area contributed by atoms with Crippen LogP contribution in [-0.2, 0) is 0 Å². The summed E-state index contributed by atoms with van der Waals surface area (Å²) in [6.45, 7) is 6.76. The van der Waals surface area contributed by atoms with Crippen molar-refractivity contribution >= 4 is 11.8 Å². The fraction of sp³-hybridized carbons (Fsp3) is 1.00. The molecule has 0 aromatic heterocycles. The summed E-state index contributed by atoms with van der Waals surface area (Å²) >= 11 is 1.97. The number of aliphatic hydroxyl groups is 1. The van der Waals surface area contributed by atoms with Crippen molar-refractivity contribution in [3.8, 4) is 0 Å². The Balaban J connectivity index is 2.30. The predicted molar refractivity (Wildman–Crippen MR) is 55.5 cm³/mol. The highest BCUT2D eigenvalue weighted by Crippen LogP contribution is 2.34. The highest BCUT2D eigenvalue weighted by Gasteiger charge is 2.27. The van der Waals surface area contributed by atoms with Gasteiger partial charge in [-0.15, -0.1) is 0 Å². The monoisotopic (exact) mass is 188 g/mol. The van der Waals surface area contributed by atoms with Gasteiger partial charge in [-0.3, -0.25) is 0 Å². The van der Waals surface area contributed by atoms with Gasteiger partial charge in [0.2, 0.25) is 0 Å². The summed E-state index contributed by atoms with van der Waals surface area (Å²) in [5, 5.41) is 10.8. The molecule has 72 valence electrons. The van der Waals surface area contributed by atoms with Gasteiger partial charge >= 0.3 is 0 Å². The van der Waals surface area contributed by atoms with E-state index in [-0.39, 0.29) is 6.10 Å². The van der Waals surface area contributed by atoms with Gasteiger partial charge in [-0.1, -0.05) is 20.8 Å². The van der Waals surface area contributed by atoms with Crippen molar-refractivity contribution in [2.75, 3.05) is 0 Å². The molecule has 0 radical (unpaired) electrons. The average Bonchev–Trinajstić information content (AvgIpc) is 2.36. The molecule has 12 heavy (non-hydrogen) atoms. The second-order valence-electron chi connectivity index (χ2n) is 4.12. The maximum absolute atomic E-state index is 9.60. The molecule has 0 aliphatic heterocycles. The molecule has 1 fully saturated rings. The Morgan fingerprint density at radius 1 is 1.25 bits per heavy atom. The van der Waals surface area contributed by atoms with Gasteiger partial charge in [0.1, 0.15) is 0 Å². The zero-order valence-corrected chi connectivity index (χ0v) is 9.10. The third kappa shape index (κ3) is 2.67. The van der Waals surface area contributed by atoms with E-state index in [1.165, 1.54) is 12.8 Å². The minimum absolute atomic E-state index is 0.0313. The lowest BCUT2D eigenvalue weighted by molar-refractivity contribution is 0.188. The van der Waals surface area contributed by atoms with Crippen LogP contribution in [-0.4, -0.2) is 21.7 Å². The molecule has 1 nitrogen and oxygen atoms in total. The Kier molecular flexibility index (Phi) is 3.91. The van der Waals surface area contributed by atoms with Gasteiger partial charge in [0.15, 0.2) is 0 Å². The number of aliphatic hydroxyl groups excluding tert-OH is 1. The highest BCUT2D eigenvalue weighted by molar-refractivity contribution is 8.00. The van der Waals surface area contributed by atoms with Crippen LogP contribution in [0.15, 0.2) is 0 Å². The van der Waals surface area contributed by atoms with Crippen molar-refractivity contribution in [2.24, 2.45) is 5.92 Å². The zero-order chi connectivity index (χ0) is 9.14. The molecule has 0 spiro atoms. The largest absolute Gasteiger partial charge is 0.392 e. The Morgan fingerprint density at radius 3 is 2.33 bits per heavy atom. The summed E-state index contributed by atoms with van der Waals surface area (Å²) in [5.41, 5.74) is 0. The molecule has 2 heteroatoms. The van der Waals surface area contributed by atoms with Crippen LogP contribution in [0.1, 0.15) is 40.0 Å². The van der Waals surface area contributed by atoms with E-state index in [0.29, 0.717) is 10.5 Å². The molecule has 0 amide bonds. The van der Waals surface area contributed by atoms with Gasteiger partial charge in [0, 0.05) is 10.5 Å². The smallest absolute Gasteiger partial charge is 0.0658 e. The standard InChI is InChI=1S/C10H20OS/c1-7(2)8(3)12-10-6-4-5-9(10)11/h7-11H,4-6H2,1-3H3/t8?,9-,10-/m1/s1. The normalized spacial score (nSPS) is 32.8. The van der Waals surface area contributed by atoms with Crippen molar-refractivity contribution in [1.82, 2.24) is 0 Å². The van der Waals surface area contributed by atoms with Crippen molar-refractivity contribution in [1.29, 1.82) is 0 Å². The van der Waals surface area contributed by atoms with E-state index in [2.05, 4.69) is 20.8 Å². The van der Waals surface area contributed by atoms with Crippen molar-refractivity contribution in [2.45, 2.75) is 56.6 Å². The first-order chi connectivity index (χ1) is 5.61. The summed E-state index contributed by atoms with van der Waals surface area (Å²) in [4.78, 5) is 0. The van der Waals surface area contributed by atoms with Crippen LogP contribution in [0.4, 0.5) is 0 Å². The Labute approximate surface area is 79.9 Å². The van der Waals surface area contributed by atoms with Gasteiger partial charge in [-0.2, -0.15) is 11.8 Å². The minimum atomic E-state index is -0.0313. The van der Waals surface area contributed by atoms with E-state index in [1.54, 1.807) is 0 Å². The fourth-order valence-corrected chi connectivity index (χ4v) is 2.98. The van der Waals surface area contributed by atoms with Crippen LogP contribution in [0.2, 0.25) is 0 Å². The molecule has 0 heterocycles. The quantitative estimate of drug-likeness (QED) is 0.735. The van der Waals surface area contributed by atoms with Crippen LogP contribution in [0, 0.1) is 5.92 Å². The second kappa shape index (κ2) is 4.52. The summed E-state index contributed by atoms with van der Waals surface area (Å²) in [6, 6.07) is 0. The molecule has 1 saturated carbocycles. The van der Waals surface area contributed by atoms with Crippen LogP contribution in [0.3, 0.4) is 0 Å². The van der Waals surface area contributed by atoms with Crippen molar-refractivity contribution in [3.05, 3.63) is 0 Å². The molecule has 0 saturated heterocycles. The molecule has 0 aromatic rings. The van der Waals surface area contributed by atoms with Crippen molar-refractivity contribution in [3.63, 3.8) is 0 Å². The van der Waals surface area contributed by atoms with Crippen LogP contribution in [0.5, 0.6) is 0 Å². The average molecular weight is 188 g/mol. The van der Waals surface area contributed by atoms with E-state index >= 15 is 0 Å². The number of thioether (sulfide) groups is 1. The lowest BCUT2D eigenvalue weighted by Crippen LogP contribution is -2.20. The molecule has 1 unspecified atom stereocenters. The molecule has 3 atom stereocenters. The zero-order valence-electron chi connectivity index (χ0n) is 8.29. The van der Waals surface area contributed by atoms with E-state index in [0.717, 1.165) is 12.3 Å². The number of hydrogen-bond donors (Lipinski definition) is 1. The lowest BCUT2D eigenvalue weighted by atomic mass is 10.2. The van der Waals surface area contributed by atoms with Gasteiger partial charge < -0.3 is 5.11 Å². The van der Waals surface area contributed by atoms with Crippen LogP contribution < -0.4 is 0 Å². The van der Waals surface area contributed by atoms with Crippen LogP contribution >= 0.6 is 11.8 Å². The van der Waals surface area contributed by atoms with Gasteiger partial charge in [0.05, 0.1) is 6.10 Å². The van der Waals surface area contributed by atoms with E-state index in [1.807, 2.05) is 11.8 Å². The molecule has 1 N–H and O–H groups in total. The fourth-order valence-electron chi connectivity index (χ4n) is 1.50. The van der Waals surface area contributed by atoms with Crippen molar-refractivity contribution < 1.29 is 5.11 Å². The molecular formula is C10H20OS. The topological polar surface area (TPSA) is 20.2 Å². The Morgan fingerprint density at radius 2 is 1.92 bits per heavy atom. The molecular weight excluding hydrogens is 168 g/mol. The first-order valence-electron chi connectivity index (χ1n) is 4.94. The SMILES string of the molecule is CC(C)C(C)S[C@@H]1CCC[C@H]1O. The number of rotatable bonds is 3. The molecule has 0 bridgehead atoms. The minimum Gasteiger partial charge on any atom is -0.392 e. The summed E-state index contributed by atoms with van der Waals surface area (Å²) < 4.78 is 0. The maximum Gasteiger partial charge on any atom is 0.0658 e. The second-order valence-corrected chi connectivity index (χ2v) is 5.74. The first kappa shape index (κ1) is 10.4. The Hall–Kier alpha value is 0.310. The lowest BCUT2D eigenvalue weighted by Gasteiger charge is -2.21. The first-order valence-corrected chi connectivity index (χ1v) is 5.89. The van der Waals surface area contributed by atoms with Gasteiger partial charge in [0.25, 0.3) is 0 Å². The predicted octanol–water partition coefficient (Wildman–Crippen LogP) is 2.68. The van der Waals surface area contributed by atoms with E-state index in [9.17, 15) is 5.11 Å².